The molecule has 1 rings (SSSR count). The van der Waals surface area contributed by atoms with Crippen molar-refractivity contribution in [2.45, 2.75) is 52.0 Å². The summed E-state index contributed by atoms with van der Waals surface area (Å²) in [6.45, 7) is 6.76. The number of ether oxygens (including phenoxy) is 1. The SMILES string of the molecule is CCCC(COC)NC(=O)C1(CC)CCNCC1. The van der Waals surface area contributed by atoms with Crippen molar-refractivity contribution >= 4 is 5.91 Å². The van der Waals surface area contributed by atoms with E-state index in [0.717, 1.165) is 45.2 Å². The summed E-state index contributed by atoms with van der Waals surface area (Å²) >= 11 is 0. The average molecular weight is 256 g/mol. The molecule has 0 aromatic rings. The summed E-state index contributed by atoms with van der Waals surface area (Å²) in [5.41, 5.74) is -0.162. The van der Waals surface area contributed by atoms with Crippen molar-refractivity contribution in [2.24, 2.45) is 5.41 Å². The van der Waals surface area contributed by atoms with E-state index < -0.39 is 0 Å². The molecule has 2 N–H and O–H groups in total. The first-order valence-corrected chi connectivity index (χ1v) is 7.19. The third-order valence-electron chi connectivity index (χ3n) is 4.06. The molecule has 4 nitrogen and oxygen atoms in total. The van der Waals surface area contributed by atoms with Crippen LogP contribution in [-0.4, -0.2) is 38.8 Å². The van der Waals surface area contributed by atoms with E-state index in [1.54, 1.807) is 7.11 Å². The van der Waals surface area contributed by atoms with Crippen molar-refractivity contribution in [3.05, 3.63) is 0 Å². The summed E-state index contributed by atoms with van der Waals surface area (Å²) < 4.78 is 5.18. The van der Waals surface area contributed by atoms with Crippen molar-refractivity contribution in [1.82, 2.24) is 10.6 Å². The van der Waals surface area contributed by atoms with Crippen LogP contribution in [0.4, 0.5) is 0 Å². The molecule has 0 aliphatic carbocycles. The quantitative estimate of drug-likeness (QED) is 0.729. The number of carbonyl (C=O) groups excluding carboxylic acids is 1. The van der Waals surface area contributed by atoms with Gasteiger partial charge in [0.15, 0.2) is 0 Å². The maximum atomic E-state index is 12.5. The molecule has 1 unspecified atom stereocenters. The molecule has 0 bridgehead atoms. The van der Waals surface area contributed by atoms with E-state index in [2.05, 4.69) is 24.5 Å². The zero-order valence-corrected chi connectivity index (χ0v) is 12.1. The fourth-order valence-corrected chi connectivity index (χ4v) is 2.73. The summed E-state index contributed by atoms with van der Waals surface area (Å²) in [5.74, 6) is 0.224. The molecule has 1 heterocycles. The Morgan fingerprint density at radius 2 is 2.06 bits per heavy atom. The second-order valence-corrected chi connectivity index (χ2v) is 5.30. The van der Waals surface area contributed by atoms with Gasteiger partial charge in [0.1, 0.15) is 0 Å². The van der Waals surface area contributed by atoms with Gasteiger partial charge in [-0.15, -0.1) is 0 Å². The number of hydrogen-bond donors (Lipinski definition) is 2. The Labute approximate surface area is 111 Å². The fraction of sp³-hybridized carbons (Fsp3) is 0.929. The highest BCUT2D eigenvalue weighted by Crippen LogP contribution is 2.32. The predicted molar refractivity (Wildman–Crippen MR) is 73.5 cm³/mol. The predicted octanol–water partition coefficient (Wildman–Crippen LogP) is 1.70. The summed E-state index contributed by atoms with van der Waals surface area (Å²) in [7, 11) is 1.69. The maximum Gasteiger partial charge on any atom is 0.226 e. The molecule has 0 aromatic carbocycles. The molecular weight excluding hydrogens is 228 g/mol. The number of methoxy groups -OCH3 is 1. The van der Waals surface area contributed by atoms with E-state index in [4.69, 9.17) is 4.74 Å². The highest BCUT2D eigenvalue weighted by atomic mass is 16.5. The minimum absolute atomic E-state index is 0.158. The molecule has 1 atom stereocenters. The van der Waals surface area contributed by atoms with Crippen molar-refractivity contribution in [3.63, 3.8) is 0 Å². The van der Waals surface area contributed by atoms with Crippen LogP contribution in [0, 0.1) is 5.41 Å². The molecule has 1 aliphatic heterocycles. The summed E-state index contributed by atoms with van der Waals surface area (Å²) in [4.78, 5) is 12.5. The van der Waals surface area contributed by atoms with Gasteiger partial charge in [-0.25, -0.2) is 0 Å². The molecule has 0 aromatic heterocycles. The zero-order chi connectivity index (χ0) is 13.4. The van der Waals surface area contributed by atoms with Crippen LogP contribution in [0.2, 0.25) is 0 Å². The minimum atomic E-state index is -0.162. The first-order valence-electron chi connectivity index (χ1n) is 7.19. The van der Waals surface area contributed by atoms with Gasteiger partial charge in [0, 0.05) is 7.11 Å². The smallest absolute Gasteiger partial charge is 0.226 e. The number of rotatable bonds is 7. The molecular formula is C14H28N2O2. The van der Waals surface area contributed by atoms with E-state index in [0.29, 0.717) is 6.61 Å². The van der Waals surface area contributed by atoms with Gasteiger partial charge in [-0.2, -0.15) is 0 Å². The third kappa shape index (κ3) is 3.95. The van der Waals surface area contributed by atoms with Crippen LogP contribution in [-0.2, 0) is 9.53 Å². The zero-order valence-electron chi connectivity index (χ0n) is 12.1. The molecule has 4 heteroatoms. The lowest BCUT2D eigenvalue weighted by Crippen LogP contribution is -2.51. The Morgan fingerprint density at radius 1 is 1.39 bits per heavy atom. The molecule has 0 saturated carbocycles. The van der Waals surface area contributed by atoms with Crippen LogP contribution in [0.5, 0.6) is 0 Å². The van der Waals surface area contributed by atoms with Gasteiger partial charge in [-0.1, -0.05) is 20.3 Å². The second kappa shape index (κ2) is 7.74. The van der Waals surface area contributed by atoms with Crippen LogP contribution < -0.4 is 10.6 Å². The molecule has 0 spiro atoms. The van der Waals surface area contributed by atoms with Gasteiger partial charge in [0.25, 0.3) is 0 Å². The van der Waals surface area contributed by atoms with Gasteiger partial charge < -0.3 is 15.4 Å². The van der Waals surface area contributed by atoms with Crippen LogP contribution in [0.1, 0.15) is 46.0 Å². The normalized spacial score (nSPS) is 20.4. The lowest BCUT2D eigenvalue weighted by molar-refractivity contribution is -0.134. The number of hydrogen-bond acceptors (Lipinski definition) is 3. The molecule has 106 valence electrons. The maximum absolute atomic E-state index is 12.5. The van der Waals surface area contributed by atoms with Gasteiger partial charge >= 0.3 is 0 Å². The summed E-state index contributed by atoms with van der Waals surface area (Å²) in [5, 5.41) is 6.52. The molecule has 1 saturated heterocycles. The van der Waals surface area contributed by atoms with Gasteiger partial charge in [0.2, 0.25) is 5.91 Å². The second-order valence-electron chi connectivity index (χ2n) is 5.30. The van der Waals surface area contributed by atoms with E-state index in [1.165, 1.54) is 0 Å². The Kier molecular flexibility index (Phi) is 6.65. The third-order valence-corrected chi connectivity index (χ3v) is 4.06. The van der Waals surface area contributed by atoms with E-state index >= 15 is 0 Å². The average Bonchev–Trinajstić information content (AvgIpc) is 2.40. The van der Waals surface area contributed by atoms with E-state index in [9.17, 15) is 4.79 Å². The number of nitrogens with one attached hydrogen (secondary N) is 2. The number of carbonyl (C=O) groups is 1. The van der Waals surface area contributed by atoms with Crippen molar-refractivity contribution in [2.75, 3.05) is 26.8 Å². The molecule has 18 heavy (non-hydrogen) atoms. The molecule has 1 amide bonds. The monoisotopic (exact) mass is 256 g/mol. The van der Waals surface area contributed by atoms with Crippen molar-refractivity contribution < 1.29 is 9.53 Å². The van der Waals surface area contributed by atoms with Gasteiger partial charge in [0.05, 0.1) is 18.1 Å². The number of amides is 1. The number of piperidine rings is 1. The highest BCUT2D eigenvalue weighted by Gasteiger charge is 2.38. The van der Waals surface area contributed by atoms with Crippen LogP contribution in [0.25, 0.3) is 0 Å². The lowest BCUT2D eigenvalue weighted by Gasteiger charge is -2.36. The van der Waals surface area contributed by atoms with E-state index in [1.807, 2.05) is 0 Å². The van der Waals surface area contributed by atoms with Crippen molar-refractivity contribution in [3.8, 4) is 0 Å². The first-order chi connectivity index (χ1) is 8.68. The standard InChI is InChI=1S/C14H28N2O2/c1-4-6-12(11-18-3)16-13(17)14(5-2)7-9-15-10-8-14/h12,15H,4-11H2,1-3H3,(H,16,17). The van der Waals surface area contributed by atoms with Gasteiger partial charge in [-0.3, -0.25) is 4.79 Å². The Bertz CT molecular complexity index is 244. The minimum Gasteiger partial charge on any atom is -0.383 e. The highest BCUT2D eigenvalue weighted by molar-refractivity contribution is 5.83. The largest absolute Gasteiger partial charge is 0.383 e. The van der Waals surface area contributed by atoms with E-state index in [-0.39, 0.29) is 17.4 Å². The van der Waals surface area contributed by atoms with Crippen LogP contribution in [0.3, 0.4) is 0 Å². The lowest BCUT2D eigenvalue weighted by atomic mass is 9.75. The topological polar surface area (TPSA) is 50.4 Å². The van der Waals surface area contributed by atoms with Crippen LogP contribution in [0.15, 0.2) is 0 Å². The first kappa shape index (κ1) is 15.4. The summed E-state index contributed by atoms with van der Waals surface area (Å²) in [6, 6.07) is 0.158. The molecule has 1 aliphatic rings. The summed E-state index contributed by atoms with van der Waals surface area (Å²) in [6.07, 6.45) is 4.86. The van der Waals surface area contributed by atoms with Crippen molar-refractivity contribution in [1.29, 1.82) is 0 Å². The molecule has 1 fully saturated rings. The Hall–Kier alpha value is -0.610. The van der Waals surface area contributed by atoms with Crippen LogP contribution >= 0.6 is 0 Å². The molecule has 0 radical (unpaired) electrons. The van der Waals surface area contributed by atoms with Gasteiger partial charge in [-0.05, 0) is 38.8 Å². The fourth-order valence-electron chi connectivity index (χ4n) is 2.73. The Balaban J connectivity index is 2.59. The Morgan fingerprint density at radius 3 is 2.56 bits per heavy atom.